The molecule has 0 atom stereocenters. The van der Waals surface area contributed by atoms with Gasteiger partial charge in [-0.2, -0.15) is 0 Å². The van der Waals surface area contributed by atoms with Crippen molar-refractivity contribution in [1.82, 2.24) is 9.80 Å². The Kier molecular flexibility index (Phi) is 22.7. The second-order valence-corrected chi connectivity index (χ2v) is 8.40. The van der Waals surface area contributed by atoms with E-state index < -0.39 is 11.9 Å². The molecule has 0 aliphatic rings. The normalized spacial score (nSPS) is 10.0. The predicted octanol–water partition coefficient (Wildman–Crippen LogP) is 4.73. The van der Waals surface area contributed by atoms with Crippen LogP contribution in [0.1, 0.15) is 96.8 Å². The number of carboxylic acids is 2. The number of aliphatic carboxylic acids is 2. The van der Waals surface area contributed by atoms with Crippen molar-refractivity contribution in [2.24, 2.45) is 0 Å². The Balaban J connectivity index is 0. The molecular weight excluding hydrogens is 424 g/mol. The van der Waals surface area contributed by atoms with Gasteiger partial charge >= 0.3 is 11.9 Å². The van der Waals surface area contributed by atoms with E-state index in [1.807, 2.05) is 6.08 Å². The molecule has 8 heteroatoms. The molecule has 0 radical (unpaired) electrons. The fourth-order valence-corrected chi connectivity index (χ4v) is 3.12. The zero-order valence-corrected chi connectivity index (χ0v) is 21.0. The highest BCUT2D eigenvalue weighted by Gasteiger charge is 2.11. The van der Waals surface area contributed by atoms with Gasteiger partial charge in [-0.05, 0) is 25.7 Å². The van der Waals surface area contributed by atoms with Gasteiger partial charge in [-0.1, -0.05) is 64.4 Å². The highest BCUT2D eigenvalue weighted by molar-refractivity contribution is 5.81. The van der Waals surface area contributed by atoms with Crippen LogP contribution in [-0.4, -0.2) is 71.0 Å². The van der Waals surface area contributed by atoms with E-state index in [0.29, 0.717) is 12.8 Å². The van der Waals surface area contributed by atoms with Gasteiger partial charge in [-0.15, -0.1) is 6.58 Å². The average Bonchev–Trinajstić information content (AvgIpc) is 2.74. The van der Waals surface area contributed by atoms with E-state index in [-0.39, 0.29) is 24.9 Å². The van der Waals surface area contributed by atoms with Crippen LogP contribution in [0.15, 0.2) is 12.7 Å². The van der Waals surface area contributed by atoms with Crippen molar-refractivity contribution in [1.29, 1.82) is 0 Å². The molecule has 0 rings (SSSR count). The Bertz CT molecular complexity index is 565. The number of likely N-dealkylation sites (N-methyl/N-ethyl adjacent to an activating group) is 2. The number of nitrogens with zero attached hydrogens (tertiary/aromatic N) is 2. The number of carbonyl (C=O) groups is 4. The molecule has 0 aliphatic heterocycles. The Morgan fingerprint density at radius 2 is 1.03 bits per heavy atom. The molecule has 0 bridgehead atoms. The standard InChI is InChI=1S/C14H25NO3.C11H21NO3/c1-3-4-5-6-7-8-9-10-11-13(16)15(2)12-14(17)18;1-3-4-5-6-7-8-10(13)12(2)9-11(14)15/h3H,1,4-12H2,2H3,(H,17,18);3-9H2,1-2H3,(H,14,15). The topological polar surface area (TPSA) is 115 Å². The van der Waals surface area contributed by atoms with Crippen molar-refractivity contribution in [3.63, 3.8) is 0 Å². The van der Waals surface area contributed by atoms with Crippen LogP contribution >= 0.6 is 0 Å². The number of hydrogen-bond donors (Lipinski definition) is 2. The molecule has 0 aromatic carbocycles. The van der Waals surface area contributed by atoms with Crippen molar-refractivity contribution in [3.05, 3.63) is 12.7 Å². The summed E-state index contributed by atoms with van der Waals surface area (Å²) < 4.78 is 0. The molecule has 0 saturated heterocycles. The molecule has 0 heterocycles. The molecule has 2 amide bonds. The fraction of sp³-hybridized carbons (Fsp3) is 0.760. The van der Waals surface area contributed by atoms with Gasteiger partial charge in [0.2, 0.25) is 11.8 Å². The van der Waals surface area contributed by atoms with Gasteiger partial charge < -0.3 is 20.0 Å². The summed E-state index contributed by atoms with van der Waals surface area (Å²) in [5.41, 5.74) is 0. The van der Waals surface area contributed by atoms with Gasteiger partial charge in [0.15, 0.2) is 0 Å². The highest BCUT2D eigenvalue weighted by Crippen LogP contribution is 2.09. The molecule has 0 aromatic rings. The first-order valence-corrected chi connectivity index (χ1v) is 12.2. The number of carboxylic acid groups (broad SMARTS) is 2. The number of unbranched alkanes of at least 4 members (excludes halogenated alkanes) is 10. The molecular formula is C25H46N2O6. The van der Waals surface area contributed by atoms with Crippen molar-refractivity contribution >= 4 is 23.8 Å². The van der Waals surface area contributed by atoms with Crippen LogP contribution < -0.4 is 0 Å². The Labute approximate surface area is 200 Å². The maximum Gasteiger partial charge on any atom is 0.323 e. The van der Waals surface area contributed by atoms with E-state index in [4.69, 9.17) is 10.2 Å². The maximum absolute atomic E-state index is 11.5. The van der Waals surface area contributed by atoms with Gasteiger partial charge in [-0.25, -0.2) is 0 Å². The molecule has 33 heavy (non-hydrogen) atoms. The quantitative estimate of drug-likeness (QED) is 0.208. The summed E-state index contributed by atoms with van der Waals surface area (Å²) >= 11 is 0. The molecule has 192 valence electrons. The first kappa shape index (κ1) is 32.8. The van der Waals surface area contributed by atoms with E-state index in [0.717, 1.165) is 44.9 Å². The first-order chi connectivity index (χ1) is 15.6. The van der Waals surface area contributed by atoms with Gasteiger partial charge in [0.25, 0.3) is 0 Å². The first-order valence-electron chi connectivity index (χ1n) is 12.2. The average molecular weight is 471 g/mol. The Morgan fingerprint density at radius 1 is 0.667 bits per heavy atom. The zero-order chi connectivity index (χ0) is 25.5. The van der Waals surface area contributed by atoms with Crippen molar-refractivity contribution in [3.8, 4) is 0 Å². The summed E-state index contributed by atoms with van der Waals surface area (Å²) in [5, 5.41) is 17.0. The van der Waals surface area contributed by atoms with Crippen molar-refractivity contribution in [2.45, 2.75) is 96.8 Å². The van der Waals surface area contributed by atoms with Crippen LogP contribution in [0.25, 0.3) is 0 Å². The lowest BCUT2D eigenvalue weighted by atomic mass is 10.1. The van der Waals surface area contributed by atoms with Crippen molar-refractivity contribution in [2.75, 3.05) is 27.2 Å². The van der Waals surface area contributed by atoms with E-state index in [9.17, 15) is 19.2 Å². The van der Waals surface area contributed by atoms with Crippen molar-refractivity contribution < 1.29 is 29.4 Å². The largest absolute Gasteiger partial charge is 0.480 e. The minimum atomic E-state index is -0.965. The summed E-state index contributed by atoms with van der Waals surface area (Å²) in [4.78, 5) is 46.2. The van der Waals surface area contributed by atoms with Crippen LogP contribution in [-0.2, 0) is 19.2 Å². The van der Waals surface area contributed by atoms with Gasteiger partial charge in [0.1, 0.15) is 13.1 Å². The van der Waals surface area contributed by atoms with Crippen LogP contribution in [0.3, 0.4) is 0 Å². The zero-order valence-electron chi connectivity index (χ0n) is 21.0. The van der Waals surface area contributed by atoms with E-state index in [2.05, 4.69) is 13.5 Å². The van der Waals surface area contributed by atoms with Gasteiger partial charge in [-0.3, -0.25) is 19.2 Å². The van der Waals surface area contributed by atoms with E-state index in [1.54, 1.807) is 0 Å². The third-order valence-electron chi connectivity index (χ3n) is 5.14. The van der Waals surface area contributed by atoms with Gasteiger partial charge in [0.05, 0.1) is 0 Å². The fourth-order valence-electron chi connectivity index (χ4n) is 3.12. The third kappa shape index (κ3) is 24.1. The monoisotopic (exact) mass is 470 g/mol. The third-order valence-corrected chi connectivity index (χ3v) is 5.14. The summed E-state index contributed by atoms with van der Waals surface area (Å²) in [7, 11) is 3.06. The molecule has 8 nitrogen and oxygen atoms in total. The Morgan fingerprint density at radius 3 is 1.39 bits per heavy atom. The number of hydrogen-bond acceptors (Lipinski definition) is 4. The molecule has 0 saturated carbocycles. The Hall–Kier alpha value is -2.38. The van der Waals surface area contributed by atoms with Crippen LogP contribution in [0.2, 0.25) is 0 Å². The number of allylic oxidation sites excluding steroid dienone is 1. The minimum absolute atomic E-state index is 0.0751. The molecule has 2 N–H and O–H groups in total. The second kappa shape index (κ2) is 22.8. The lowest BCUT2D eigenvalue weighted by molar-refractivity contribution is -0.143. The SMILES string of the molecule is C=CCCCCCCCCC(=O)N(C)CC(=O)O.CCCCCCCC(=O)N(C)CC(=O)O. The molecule has 0 aromatic heterocycles. The summed E-state index contributed by atoms with van der Waals surface area (Å²) in [6, 6.07) is 0. The maximum atomic E-state index is 11.5. The number of amides is 2. The summed E-state index contributed by atoms with van der Waals surface area (Å²) in [5.74, 6) is -2.08. The lowest BCUT2D eigenvalue weighted by Crippen LogP contribution is -2.31. The van der Waals surface area contributed by atoms with Gasteiger partial charge in [0, 0.05) is 26.9 Å². The highest BCUT2D eigenvalue weighted by atomic mass is 16.4. The van der Waals surface area contributed by atoms with Crippen LogP contribution in [0.5, 0.6) is 0 Å². The van der Waals surface area contributed by atoms with E-state index in [1.165, 1.54) is 56.0 Å². The van der Waals surface area contributed by atoms with E-state index >= 15 is 0 Å². The lowest BCUT2D eigenvalue weighted by Gasteiger charge is -2.14. The number of carbonyl (C=O) groups excluding carboxylic acids is 2. The summed E-state index contributed by atoms with van der Waals surface area (Å²) in [6.07, 6.45) is 16.1. The predicted molar refractivity (Wildman–Crippen MR) is 131 cm³/mol. The molecule has 0 aliphatic carbocycles. The second-order valence-electron chi connectivity index (χ2n) is 8.40. The molecule has 0 fully saturated rings. The van der Waals surface area contributed by atoms with Crippen LogP contribution in [0.4, 0.5) is 0 Å². The minimum Gasteiger partial charge on any atom is -0.480 e. The molecule has 0 unspecified atom stereocenters. The number of rotatable bonds is 19. The molecule has 0 spiro atoms. The van der Waals surface area contributed by atoms with Crippen LogP contribution in [0, 0.1) is 0 Å². The summed E-state index contributed by atoms with van der Waals surface area (Å²) in [6.45, 7) is 5.42. The smallest absolute Gasteiger partial charge is 0.323 e.